The van der Waals surface area contributed by atoms with Crippen LogP contribution in [0.4, 0.5) is 17.1 Å². The van der Waals surface area contributed by atoms with Gasteiger partial charge in [-0.05, 0) is 312 Å². The van der Waals surface area contributed by atoms with Gasteiger partial charge in [-0.15, -0.1) is 0 Å². The molecule has 1 saturated carbocycles. The predicted molar refractivity (Wildman–Crippen MR) is 524 cm³/mol. The lowest BCUT2D eigenvalue weighted by atomic mass is 9.83. The third kappa shape index (κ3) is 21.5. The molecule has 0 bridgehead atoms. The lowest BCUT2D eigenvalue weighted by Crippen LogP contribution is -2.60. The second kappa shape index (κ2) is 43.0. The fourth-order valence-electron chi connectivity index (χ4n) is 25.2. The standard InChI is InChI=1S/2C28H39N5.C27H40N6.C26H35N3/c2*1-31(27-12-5-8-21-10-7-13-29-28(21)27)18-23-16-25-22(17-30-23)9-6-11-26(25)33-19-24(20-33)32-14-3-2-4-15-32;1-30-15-17-33(18-16-30)25-10-4-3-7-23(25)19-32-14-13-28-24(21-32)20-31(2)26-11-5-8-22-9-6-12-29-27(22)26;1-19-11-13-24(14-12-19)29(25-10-4-8-20-9-5-15-27-26(20)25)18-23-16-21-6-2-3-7-22(21)17-28-23/h2*6-7,9-11,13,23-24,27,30H,2-5,8,12,14-20H2,1H3;3-4,6-7,9-10,12,24,26,28H,5,8,11,13-21H2,1-2H3;2-3,5-7,9,15,19,23-25,28H,4,8,10-14,16-18H2,1H3/t23-,27+;23-,27-;24-,26+;19?,23-,24?,25+/m1011/s1. The molecule has 14 aliphatic rings. The normalized spacial score (nSPS) is 26.5. The molecular formula is C109H153N19. The van der Waals surface area contributed by atoms with E-state index >= 15 is 0 Å². The van der Waals surface area contributed by atoms with Gasteiger partial charge in [0.15, 0.2) is 0 Å². The highest BCUT2D eigenvalue weighted by atomic mass is 15.3. The number of aryl methyl sites for hydroxylation is 4. The van der Waals surface area contributed by atoms with Gasteiger partial charge >= 0.3 is 0 Å². The quantitative estimate of drug-likeness (QED) is 0.0576. The maximum Gasteiger partial charge on any atom is 0.0607 e. The Labute approximate surface area is 768 Å². The van der Waals surface area contributed by atoms with Crippen molar-refractivity contribution in [2.45, 2.75) is 260 Å². The number of hydrogen-bond donors (Lipinski definition) is 4. The zero-order chi connectivity index (χ0) is 86.7. The molecule has 684 valence electrons. The van der Waals surface area contributed by atoms with E-state index in [-0.39, 0.29) is 0 Å². The molecule has 22 rings (SSSR count). The van der Waals surface area contributed by atoms with E-state index < -0.39 is 0 Å². The number of para-hydroxylation sites is 1. The molecule has 19 heteroatoms. The predicted octanol–water partition coefficient (Wildman–Crippen LogP) is 15.2. The van der Waals surface area contributed by atoms with Gasteiger partial charge in [-0.25, -0.2) is 0 Å². The molecule has 19 nitrogen and oxygen atoms in total. The summed E-state index contributed by atoms with van der Waals surface area (Å²) in [5.74, 6) is 0.893. The molecule has 8 atom stereocenters. The van der Waals surface area contributed by atoms with Crippen molar-refractivity contribution in [3.63, 3.8) is 0 Å². The summed E-state index contributed by atoms with van der Waals surface area (Å²) in [6, 6.07) is 55.6. The molecule has 0 amide bonds. The van der Waals surface area contributed by atoms with Crippen LogP contribution in [0.3, 0.4) is 0 Å². The minimum absolute atomic E-state index is 0.449. The van der Waals surface area contributed by atoms with E-state index in [1.807, 2.05) is 24.8 Å². The van der Waals surface area contributed by atoms with Gasteiger partial charge in [0.05, 0.1) is 46.9 Å². The van der Waals surface area contributed by atoms with Crippen LogP contribution in [0.2, 0.25) is 0 Å². The molecule has 128 heavy (non-hydrogen) atoms. The minimum atomic E-state index is 0.449. The Bertz CT molecular complexity index is 4700. The first kappa shape index (κ1) is 89.6. The molecular weight excluding hydrogens is 1580 g/mol. The van der Waals surface area contributed by atoms with Crippen molar-refractivity contribution in [1.29, 1.82) is 0 Å². The number of anilines is 3. The van der Waals surface area contributed by atoms with E-state index in [1.54, 1.807) is 11.1 Å². The lowest BCUT2D eigenvalue weighted by Gasteiger charge is -2.49. The number of piperazine rings is 2. The highest BCUT2D eigenvalue weighted by molar-refractivity contribution is 5.62. The average molecular weight is 1730 g/mol. The molecule has 8 aromatic rings. The van der Waals surface area contributed by atoms with Crippen LogP contribution >= 0.6 is 0 Å². The Morgan fingerprint density at radius 2 is 0.758 bits per heavy atom. The van der Waals surface area contributed by atoms with Crippen molar-refractivity contribution in [2.24, 2.45) is 5.92 Å². The fourth-order valence-corrected chi connectivity index (χ4v) is 25.2. The van der Waals surface area contributed by atoms with Gasteiger partial charge in [-0.2, -0.15) is 0 Å². The molecule has 5 aliphatic carbocycles. The third-order valence-corrected chi connectivity index (χ3v) is 32.6. The van der Waals surface area contributed by atoms with Crippen LogP contribution in [-0.2, 0) is 71.1 Å². The molecule has 4 aromatic carbocycles. The van der Waals surface area contributed by atoms with Gasteiger partial charge in [0.25, 0.3) is 0 Å². The van der Waals surface area contributed by atoms with Crippen molar-refractivity contribution in [3.05, 3.63) is 242 Å². The Morgan fingerprint density at radius 1 is 0.344 bits per heavy atom. The van der Waals surface area contributed by atoms with Gasteiger partial charge in [0.1, 0.15) is 0 Å². The first-order valence-electron chi connectivity index (χ1n) is 51.0. The van der Waals surface area contributed by atoms with E-state index in [0.29, 0.717) is 54.4 Å². The highest BCUT2D eigenvalue weighted by Gasteiger charge is 2.41. The SMILES string of the molecule is CC1CCC(N(C[C@H]2Cc3ccccc3CN2)[C@H]2CCCc3cccnc32)CC1.CN(C[C@@H]1Cc2c(cccc2N2CC(N3CCCCC3)C2)CN1)[C@H]1CCCc2cccnc21.CN(C[C@H]1Cc2c(cccc2N2CC(N3CCCCC3)C2)CN1)[C@H]1CCCc2cccnc21.CN1CCN(c2ccccc2CN2CCN[C@H](CN(C)[C@H]3CCCc4cccnc43)C2)CC1. The second-order valence-corrected chi connectivity index (χ2v) is 41.3. The maximum atomic E-state index is 4.90. The summed E-state index contributed by atoms with van der Waals surface area (Å²) in [5.41, 5.74) is 26.2. The molecule has 0 unspecified atom stereocenters. The number of fused-ring (bicyclic) bond motifs is 7. The highest BCUT2D eigenvalue weighted by Crippen LogP contribution is 2.43. The first-order valence-corrected chi connectivity index (χ1v) is 51.0. The molecule has 9 aliphatic heterocycles. The minimum Gasteiger partial charge on any atom is -0.369 e. The van der Waals surface area contributed by atoms with Crippen LogP contribution < -0.4 is 36.0 Å². The zero-order valence-electron chi connectivity index (χ0n) is 78.6. The van der Waals surface area contributed by atoms with E-state index in [4.69, 9.17) is 19.9 Å². The molecule has 7 fully saturated rings. The van der Waals surface area contributed by atoms with Crippen LogP contribution in [0.5, 0.6) is 0 Å². The molecule has 0 spiro atoms. The van der Waals surface area contributed by atoms with Crippen LogP contribution in [0, 0.1) is 5.92 Å². The summed E-state index contributed by atoms with van der Waals surface area (Å²) in [6.07, 6.45) is 39.9. The van der Waals surface area contributed by atoms with E-state index in [0.717, 1.165) is 135 Å². The van der Waals surface area contributed by atoms with Gasteiger partial charge in [0.2, 0.25) is 0 Å². The Kier molecular flexibility index (Phi) is 30.1. The number of aromatic nitrogens is 4. The maximum absolute atomic E-state index is 4.90. The van der Waals surface area contributed by atoms with Gasteiger partial charge in [-0.1, -0.05) is 111 Å². The van der Waals surface area contributed by atoms with E-state index in [9.17, 15) is 0 Å². The van der Waals surface area contributed by atoms with Gasteiger partial charge in [-0.3, -0.25) is 54.2 Å². The van der Waals surface area contributed by atoms with Crippen molar-refractivity contribution >= 4 is 17.1 Å². The summed E-state index contributed by atoms with van der Waals surface area (Å²) >= 11 is 0. The number of pyridine rings is 4. The average Bonchev–Trinajstić information content (AvgIpc) is 0.770. The number of nitrogens with one attached hydrogen (secondary N) is 4. The van der Waals surface area contributed by atoms with E-state index in [1.165, 1.54) is 284 Å². The smallest absolute Gasteiger partial charge is 0.0607 e. The molecule has 4 aromatic heterocycles. The van der Waals surface area contributed by atoms with Gasteiger partial charge < -0.3 is 40.9 Å². The molecule has 13 heterocycles. The Hall–Kier alpha value is -7.60. The first-order chi connectivity index (χ1) is 63.0. The second-order valence-electron chi connectivity index (χ2n) is 41.3. The Balaban J connectivity index is 0.000000111. The Morgan fingerprint density at radius 3 is 1.26 bits per heavy atom. The zero-order valence-corrected chi connectivity index (χ0v) is 78.6. The van der Waals surface area contributed by atoms with Crippen LogP contribution in [-0.4, -0.2) is 254 Å². The summed E-state index contributed by atoms with van der Waals surface area (Å²) < 4.78 is 0. The number of likely N-dealkylation sites (N-methyl/N-ethyl adjacent to an activating group) is 4. The fraction of sp³-hybridized carbons (Fsp3) is 0.596. The summed E-state index contributed by atoms with van der Waals surface area (Å²) in [5, 5.41) is 15.3. The summed E-state index contributed by atoms with van der Waals surface area (Å²) in [6.45, 7) is 28.7. The molecule has 4 N–H and O–H groups in total. The number of rotatable bonds is 20. The number of likely N-dealkylation sites (tertiary alicyclic amines) is 2. The largest absolute Gasteiger partial charge is 0.369 e. The van der Waals surface area contributed by atoms with Crippen molar-refractivity contribution in [1.82, 2.24) is 80.4 Å². The van der Waals surface area contributed by atoms with Crippen molar-refractivity contribution in [3.8, 4) is 0 Å². The summed E-state index contributed by atoms with van der Waals surface area (Å²) in [4.78, 5) is 48.2. The van der Waals surface area contributed by atoms with Gasteiger partial charge in [0, 0.05) is 208 Å². The lowest BCUT2D eigenvalue weighted by molar-refractivity contribution is 0.0687. The number of benzene rings is 4. The molecule has 0 radical (unpaired) electrons. The van der Waals surface area contributed by atoms with E-state index in [2.05, 4.69) is 244 Å². The van der Waals surface area contributed by atoms with Crippen molar-refractivity contribution < 1.29 is 0 Å². The van der Waals surface area contributed by atoms with Crippen molar-refractivity contribution in [2.75, 3.05) is 167 Å². The third-order valence-electron chi connectivity index (χ3n) is 32.6. The number of piperidine rings is 2. The van der Waals surface area contributed by atoms with Crippen LogP contribution in [0.15, 0.2) is 158 Å². The monoisotopic (exact) mass is 1730 g/mol. The summed E-state index contributed by atoms with van der Waals surface area (Å²) in [7, 11) is 9.12. The number of nitrogens with zero attached hydrogens (tertiary/aromatic N) is 15. The molecule has 6 saturated heterocycles. The van der Waals surface area contributed by atoms with Crippen LogP contribution in [0.25, 0.3) is 0 Å². The van der Waals surface area contributed by atoms with Crippen LogP contribution in [0.1, 0.15) is 231 Å². The topological polar surface area (TPSA) is 135 Å². The number of hydrogen-bond acceptors (Lipinski definition) is 19.